The van der Waals surface area contributed by atoms with Gasteiger partial charge in [-0.05, 0) is 42.8 Å². The summed E-state index contributed by atoms with van der Waals surface area (Å²) in [7, 11) is 0. The van der Waals surface area contributed by atoms with Crippen molar-refractivity contribution in [3.05, 3.63) is 67.3 Å². The minimum Gasteiger partial charge on any atom is -0.330 e. The fourth-order valence-electron chi connectivity index (χ4n) is 1.74. The molecule has 3 nitrogen and oxygen atoms in total. The second kappa shape index (κ2) is 25.2. The molecule has 0 unspecified atom stereocenters. The second-order valence-corrected chi connectivity index (χ2v) is 5.07. The second-order valence-electron chi connectivity index (χ2n) is 5.07. The summed E-state index contributed by atoms with van der Waals surface area (Å²) in [6.45, 7) is 6.71. The van der Waals surface area contributed by atoms with Crippen molar-refractivity contribution in [2.45, 2.75) is 45.4 Å². The third-order valence-corrected chi connectivity index (χ3v) is 3.07. The van der Waals surface area contributed by atoms with Crippen LogP contribution in [-0.4, -0.2) is 16.5 Å². The van der Waals surface area contributed by atoms with E-state index >= 15 is 0 Å². The summed E-state index contributed by atoms with van der Waals surface area (Å²) in [6, 6.07) is 9.53. The van der Waals surface area contributed by atoms with Crippen molar-refractivity contribution in [2.75, 3.05) is 6.54 Å². The lowest BCUT2D eigenvalue weighted by atomic mass is 10.1. The van der Waals surface area contributed by atoms with E-state index in [1.807, 2.05) is 30.3 Å². The van der Waals surface area contributed by atoms with Crippen molar-refractivity contribution < 1.29 is 0 Å². The maximum Gasteiger partial charge on any atom is 0.0273 e. The predicted molar refractivity (Wildman–Crippen MR) is 122 cm³/mol. The quantitative estimate of drug-likeness (QED) is 0.481. The van der Waals surface area contributed by atoms with Gasteiger partial charge < -0.3 is 5.73 Å². The highest BCUT2D eigenvalue weighted by molar-refractivity contribution is 8.93. The maximum absolute atomic E-state index is 5.34. The minimum absolute atomic E-state index is 0. The van der Waals surface area contributed by atoms with Gasteiger partial charge in [-0.25, -0.2) is 0 Å². The molecule has 0 aromatic carbocycles. The summed E-state index contributed by atoms with van der Waals surface area (Å²) in [5.74, 6) is 0. The third kappa shape index (κ3) is 23.0. The van der Waals surface area contributed by atoms with Crippen LogP contribution in [0.1, 0.15) is 51.0 Å². The molecule has 2 aromatic rings. The Morgan fingerprint density at radius 2 is 1.36 bits per heavy atom. The van der Waals surface area contributed by atoms with Gasteiger partial charge in [0.15, 0.2) is 0 Å². The molecule has 0 fully saturated rings. The fraction of sp³-hybridized carbons (Fsp3) is 0.400. The summed E-state index contributed by atoms with van der Waals surface area (Å²) in [5.41, 5.74) is 6.45. The molecule has 0 radical (unpaired) electrons. The summed E-state index contributed by atoms with van der Waals surface area (Å²) < 4.78 is 0. The Labute approximate surface area is 174 Å². The van der Waals surface area contributed by atoms with Crippen LogP contribution >= 0.6 is 34.0 Å². The first-order valence-corrected chi connectivity index (χ1v) is 8.42. The summed E-state index contributed by atoms with van der Waals surface area (Å²) >= 11 is 0. The summed E-state index contributed by atoms with van der Waals surface area (Å²) in [4.78, 5) is 7.63. The van der Waals surface area contributed by atoms with Gasteiger partial charge in [-0.15, -0.1) is 34.0 Å². The number of nitrogens with zero attached hydrogens (tertiary/aromatic N) is 2. The largest absolute Gasteiger partial charge is 0.330 e. The van der Waals surface area contributed by atoms with E-state index in [-0.39, 0.29) is 34.0 Å². The highest BCUT2D eigenvalue weighted by Crippen LogP contribution is 2.03. The van der Waals surface area contributed by atoms with E-state index < -0.39 is 0 Å². The molecule has 0 saturated carbocycles. The molecule has 2 aromatic heterocycles. The van der Waals surface area contributed by atoms with E-state index in [1.54, 1.807) is 30.9 Å². The first-order chi connectivity index (χ1) is 11.3. The Kier molecular flexibility index (Phi) is 29.0. The zero-order valence-corrected chi connectivity index (χ0v) is 18.6. The topological polar surface area (TPSA) is 51.8 Å². The molecule has 5 heteroatoms. The molecule has 25 heavy (non-hydrogen) atoms. The van der Waals surface area contributed by atoms with Crippen molar-refractivity contribution in [3.63, 3.8) is 0 Å². The van der Waals surface area contributed by atoms with Gasteiger partial charge in [0.1, 0.15) is 0 Å². The molecule has 2 N–H and O–H groups in total. The van der Waals surface area contributed by atoms with Crippen LogP contribution in [0.5, 0.6) is 0 Å². The highest BCUT2D eigenvalue weighted by atomic mass is 79.9. The third-order valence-electron chi connectivity index (χ3n) is 3.07. The van der Waals surface area contributed by atoms with Gasteiger partial charge in [0, 0.05) is 24.8 Å². The molecule has 0 aliphatic carbocycles. The Morgan fingerprint density at radius 1 is 0.840 bits per heavy atom. The molecule has 2 rings (SSSR count). The van der Waals surface area contributed by atoms with Gasteiger partial charge in [-0.3, -0.25) is 9.97 Å². The molecule has 0 amide bonds. The lowest BCUT2D eigenvalue weighted by molar-refractivity contribution is 0.612. The van der Waals surface area contributed by atoms with Crippen molar-refractivity contribution >= 4 is 40.0 Å². The molecule has 0 aliphatic rings. The normalized spacial score (nSPS) is 8.24. The number of rotatable bonds is 7. The molecule has 0 saturated heterocycles. The number of hydrogen-bond donors (Lipinski definition) is 1. The molecule has 0 bridgehead atoms. The first-order valence-electron chi connectivity index (χ1n) is 8.42. The SMILES string of the molecule is Br.Br.C=Cc1ccncc1.CCCCCCCCN.c1ccncc1. The van der Waals surface area contributed by atoms with Gasteiger partial charge in [-0.2, -0.15) is 0 Å². The lowest BCUT2D eigenvalue weighted by Gasteiger charge is -1.96. The maximum atomic E-state index is 5.34. The Balaban J connectivity index is -0.000000283. The van der Waals surface area contributed by atoms with Crippen LogP contribution in [0.25, 0.3) is 6.08 Å². The summed E-state index contributed by atoms with van der Waals surface area (Å²) in [5, 5.41) is 0. The Bertz CT molecular complexity index is 420. The average Bonchev–Trinajstić information content (AvgIpc) is 2.65. The Morgan fingerprint density at radius 3 is 1.72 bits per heavy atom. The Hall–Kier alpha value is -1.04. The van der Waals surface area contributed by atoms with Crippen LogP contribution < -0.4 is 5.73 Å². The summed E-state index contributed by atoms with van der Waals surface area (Å²) in [6.07, 6.45) is 16.8. The van der Waals surface area contributed by atoms with Crippen LogP contribution in [0.3, 0.4) is 0 Å². The van der Waals surface area contributed by atoms with E-state index in [4.69, 9.17) is 5.73 Å². The van der Waals surface area contributed by atoms with Gasteiger partial charge in [-0.1, -0.05) is 57.7 Å². The van der Waals surface area contributed by atoms with Crippen molar-refractivity contribution in [1.82, 2.24) is 9.97 Å². The molecule has 142 valence electrons. The molecule has 2 heterocycles. The molecule has 0 atom stereocenters. The van der Waals surface area contributed by atoms with E-state index in [9.17, 15) is 0 Å². The predicted octanol–water partition coefficient (Wildman–Crippen LogP) is 6.27. The van der Waals surface area contributed by atoms with Crippen LogP contribution in [0, 0.1) is 0 Å². The van der Waals surface area contributed by atoms with Crippen LogP contribution in [0.15, 0.2) is 61.7 Å². The van der Waals surface area contributed by atoms with E-state index in [0.717, 1.165) is 12.1 Å². The monoisotopic (exact) mass is 473 g/mol. The van der Waals surface area contributed by atoms with Crippen molar-refractivity contribution in [2.24, 2.45) is 5.73 Å². The van der Waals surface area contributed by atoms with Gasteiger partial charge in [0.05, 0.1) is 0 Å². The average molecular weight is 475 g/mol. The van der Waals surface area contributed by atoms with Crippen LogP contribution in [0.4, 0.5) is 0 Å². The van der Waals surface area contributed by atoms with Gasteiger partial charge in [0.25, 0.3) is 0 Å². The molecule has 0 aliphatic heterocycles. The highest BCUT2D eigenvalue weighted by Gasteiger charge is 1.85. The minimum atomic E-state index is 0. The molecule has 0 spiro atoms. The van der Waals surface area contributed by atoms with E-state index in [1.165, 1.54) is 38.5 Å². The standard InChI is InChI=1S/C8H19N.C7H7N.C5H5N.2BrH/c1-2-3-4-5-6-7-8-9;1-2-7-3-5-8-6-4-7;1-2-4-6-5-3-1;;/h2-9H2,1H3;2-6H,1H2;1-5H;2*1H. The number of aromatic nitrogens is 2. The zero-order valence-electron chi connectivity index (χ0n) is 15.2. The van der Waals surface area contributed by atoms with Crippen molar-refractivity contribution in [3.8, 4) is 0 Å². The zero-order chi connectivity index (χ0) is 17.0. The number of nitrogens with two attached hydrogens (primary N) is 1. The van der Waals surface area contributed by atoms with Crippen LogP contribution in [-0.2, 0) is 0 Å². The van der Waals surface area contributed by atoms with Crippen LogP contribution in [0.2, 0.25) is 0 Å². The number of hydrogen-bond acceptors (Lipinski definition) is 3. The van der Waals surface area contributed by atoms with Gasteiger partial charge >= 0.3 is 0 Å². The van der Waals surface area contributed by atoms with Gasteiger partial charge in [0.2, 0.25) is 0 Å². The number of halogens is 2. The number of pyridine rings is 2. The number of unbranched alkanes of at least 4 members (excludes halogenated alkanes) is 5. The molecular formula is C20H33Br2N3. The van der Waals surface area contributed by atoms with Crippen molar-refractivity contribution in [1.29, 1.82) is 0 Å². The smallest absolute Gasteiger partial charge is 0.0273 e. The fourth-order valence-corrected chi connectivity index (χ4v) is 1.74. The van der Waals surface area contributed by atoms with E-state index in [0.29, 0.717) is 0 Å². The first kappa shape index (κ1) is 28.8. The lowest BCUT2D eigenvalue weighted by Crippen LogP contribution is -1.97. The molecular weight excluding hydrogens is 442 g/mol. The van der Waals surface area contributed by atoms with E-state index in [2.05, 4.69) is 23.5 Å².